The van der Waals surface area contributed by atoms with Crippen LogP contribution in [0.4, 0.5) is 0 Å². The smallest absolute Gasteiger partial charge is 0.253 e. The zero-order valence-electron chi connectivity index (χ0n) is 10.5. The second-order valence-corrected chi connectivity index (χ2v) is 4.53. The lowest BCUT2D eigenvalue weighted by Gasteiger charge is -2.22. The van der Waals surface area contributed by atoms with Crippen molar-refractivity contribution < 1.29 is 14.3 Å². The summed E-state index contributed by atoms with van der Waals surface area (Å²) in [6, 6.07) is 7.74. The predicted octanol–water partition coefficient (Wildman–Crippen LogP) is 1.31. The van der Waals surface area contributed by atoms with Gasteiger partial charge < -0.3 is 19.8 Å². The maximum atomic E-state index is 12.1. The molecule has 0 bridgehead atoms. The van der Waals surface area contributed by atoms with Gasteiger partial charge in [-0.3, -0.25) is 4.79 Å². The SMILES string of the molecule is O=C(NCC1COCCO1)c1c[nH]c2ccccc12. The van der Waals surface area contributed by atoms with Crippen molar-refractivity contribution in [2.75, 3.05) is 26.4 Å². The average molecular weight is 260 g/mol. The summed E-state index contributed by atoms with van der Waals surface area (Å²) in [4.78, 5) is 15.2. The van der Waals surface area contributed by atoms with Crippen LogP contribution in [-0.4, -0.2) is 43.4 Å². The number of amides is 1. The Morgan fingerprint density at radius 2 is 2.26 bits per heavy atom. The Hall–Kier alpha value is -1.85. The molecule has 0 radical (unpaired) electrons. The van der Waals surface area contributed by atoms with Gasteiger partial charge in [-0.25, -0.2) is 0 Å². The Bertz CT molecular complexity index is 573. The Kier molecular flexibility index (Phi) is 3.48. The summed E-state index contributed by atoms with van der Waals surface area (Å²) in [6.45, 7) is 2.23. The molecule has 1 aliphatic rings. The molecule has 2 N–H and O–H groups in total. The molecule has 1 atom stereocenters. The van der Waals surface area contributed by atoms with Crippen molar-refractivity contribution in [1.82, 2.24) is 10.3 Å². The van der Waals surface area contributed by atoms with E-state index in [1.54, 1.807) is 6.20 Å². The molecule has 5 heteroatoms. The van der Waals surface area contributed by atoms with E-state index < -0.39 is 0 Å². The molecule has 19 heavy (non-hydrogen) atoms. The van der Waals surface area contributed by atoms with Crippen molar-refractivity contribution in [2.45, 2.75) is 6.10 Å². The largest absolute Gasteiger partial charge is 0.376 e. The van der Waals surface area contributed by atoms with E-state index in [1.165, 1.54) is 0 Å². The normalized spacial score (nSPS) is 19.5. The highest BCUT2D eigenvalue weighted by atomic mass is 16.6. The summed E-state index contributed by atoms with van der Waals surface area (Å²) in [6.07, 6.45) is 1.68. The van der Waals surface area contributed by atoms with Gasteiger partial charge in [0, 0.05) is 23.6 Å². The molecule has 1 fully saturated rings. The minimum atomic E-state index is -0.0911. The Morgan fingerprint density at radius 3 is 3.11 bits per heavy atom. The highest BCUT2D eigenvalue weighted by molar-refractivity contribution is 6.06. The molecule has 1 saturated heterocycles. The molecule has 1 aliphatic heterocycles. The third kappa shape index (κ3) is 2.62. The first-order valence-electron chi connectivity index (χ1n) is 6.38. The van der Waals surface area contributed by atoms with E-state index in [9.17, 15) is 4.79 Å². The van der Waals surface area contributed by atoms with E-state index >= 15 is 0 Å². The van der Waals surface area contributed by atoms with Crippen LogP contribution in [0.5, 0.6) is 0 Å². The Morgan fingerprint density at radius 1 is 1.37 bits per heavy atom. The van der Waals surface area contributed by atoms with Gasteiger partial charge in [0.2, 0.25) is 0 Å². The lowest BCUT2D eigenvalue weighted by molar-refractivity contribution is -0.0855. The number of para-hydroxylation sites is 1. The van der Waals surface area contributed by atoms with Crippen molar-refractivity contribution in [3.05, 3.63) is 36.0 Å². The van der Waals surface area contributed by atoms with Gasteiger partial charge in [0.1, 0.15) is 0 Å². The fourth-order valence-electron chi connectivity index (χ4n) is 2.22. The molecule has 3 rings (SSSR count). The molecule has 2 aromatic rings. The molecular formula is C14H16N2O3. The van der Waals surface area contributed by atoms with E-state index in [1.807, 2.05) is 24.3 Å². The Labute approximate surface area is 110 Å². The zero-order valence-corrected chi connectivity index (χ0v) is 10.5. The standard InChI is InChI=1S/C14H16N2O3/c17-14(16-7-10-9-18-5-6-19-10)12-8-15-13-4-2-1-3-11(12)13/h1-4,8,10,15H,5-7,9H2,(H,16,17). The summed E-state index contributed by atoms with van der Waals surface area (Å²) < 4.78 is 10.8. The molecule has 1 aromatic heterocycles. The van der Waals surface area contributed by atoms with Gasteiger partial charge >= 0.3 is 0 Å². The van der Waals surface area contributed by atoms with Crippen LogP contribution in [0.3, 0.4) is 0 Å². The van der Waals surface area contributed by atoms with Gasteiger partial charge in [0.15, 0.2) is 0 Å². The summed E-state index contributed by atoms with van der Waals surface area (Å²) in [7, 11) is 0. The molecule has 100 valence electrons. The molecule has 0 aliphatic carbocycles. The van der Waals surface area contributed by atoms with Crippen LogP contribution < -0.4 is 5.32 Å². The van der Waals surface area contributed by atoms with E-state index in [-0.39, 0.29) is 12.0 Å². The molecule has 0 saturated carbocycles. The molecular weight excluding hydrogens is 244 g/mol. The summed E-state index contributed by atoms with van der Waals surface area (Å²) in [5.74, 6) is -0.0911. The lowest BCUT2D eigenvalue weighted by atomic mass is 10.1. The fraction of sp³-hybridized carbons (Fsp3) is 0.357. The predicted molar refractivity (Wildman–Crippen MR) is 71.2 cm³/mol. The molecule has 2 heterocycles. The number of carbonyl (C=O) groups is 1. The van der Waals surface area contributed by atoms with Crippen molar-refractivity contribution in [3.8, 4) is 0 Å². The number of rotatable bonds is 3. The van der Waals surface area contributed by atoms with Crippen LogP contribution in [0.15, 0.2) is 30.5 Å². The second-order valence-electron chi connectivity index (χ2n) is 4.53. The van der Waals surface area contributed by atoms with Crippen LogP contribution >= 0.6 is 0 Å². The summed E-state index contributed by atoms with van der Waals surface area (Å²) >= 11 is 0. The number of H-pyrrole nitrogens is 1. The second kappa shape index (κ2) is 5.42. The van der Waals surface area contributed by atoms with Crippen molar-refractivity contribution in [2.24, 2.45) is 0 Å². The van der Waals surface area contributed by atoms with Crippen LogP contribution in [0.1, 0.15) is 10.4 Å². The monoisotopic (exact) mass is 260 g/mol. The minimum Gasteiger partial charge on any atom is -0.376 e. The van der Waals surface area contributed by atoms with Crippen LogP contribution in [-0.2, 0) is 9.47 Å². The highest BCUT2D eigenvalue weighted by Crippen LogP contribution is 2.17. The average Bonchev–Trinajstić information content (AvgIpc) is 2.90. The molecule has 1 amide bonds. The molecule has 5 nitrogen and oxygen atoms in total. The summed E-state index contributed by atoms with van der Waals surface area (Å²) in [5.41, 5.74) is 1.62. The van der Waals surface area contributed by atoms with E-state index in [0.29, 0.717) is 31.9 Å². The van der Waals surface area contributed by atoms with E-state index in [0.717, 1.165) is 10.9 Å². The maximum Gasteiger partial charge on any atom is 0.253 e. The topological polar surface area (TPSA) is 63.4 Å². The third-order valence-electron chi connectivity index (χ3n) is 3.21. The number of hydrogen-bond donors (Lipinski definition) is 2. The van der Waals surface area contributed by atoms with Gasteiger partial charge in [0.05, 0.1) is 31.5 Å². The number of ether oxygens (including phenoxy) is 2. The molecule has 0 spiro atoms. The van der Waals surface area contributed by atoms with E-state index in [2.05, 4.69) is 10.3 Å². The van der Waals surface area contributed by atoms with Gasteiger partial charge in [-0.1, -0.05) is 18.2 Å². The summed E-state index contributed by atoms with van der Waals surface area (Å²) in [5, 5.41) is 3.81. The Balaban J connectivity index is 1.66. The number of benzene rings is 1. The lowest BCUT2D eigenvalue weighted by Crippen LogP contribution is -2.39. The quantitative estimate of drug-likeness (QED) is 0.874. The van der Waals surface area contributed by atoms with Crippen LogP contribution in [0, 0.1) is 0 Å². The first kappa shape index (κ1) is 12.2. The van der Waals surface area contributed by atoms with Crippen molar-refractivity contribution in [1.29, 1.82) is 0 Å². The molecule has 1 aromatic carbocycles. The number of aromatic nitrogens is 1. The maximum absolute atomic E-state index is 12.1. The molecule has 1 unspecified atom stereocenters. The van der Waals surface area contributed by atoms with Crippen LogP contribution in [0.2, 0.25) is 0 Å². The number of aromatic amines is 1. The number of carbonyl (C=O) groups excluding carboxylic acids is 1. The fourth-order valence-corrected chi connectivity index (χ4v) is 2.22. The third-order valence-corrected chi connectivity index (χ3v) is 3.21. The number of fused-ring (bicyclic) bond motifs is 1. The number of hydrogen-bond acceptors (Lipinski definition) is 3. The zero-order chi connectivity index (χ0) is 13.1. The highest BCUT2D eigenvalue weighted by Gasteiger charge is 2.17. The van der Waals surface area contributed by atoms with Gasteiger partial charge in [-0.15, -0.1) is 0 Å². The number of nitrogens with one attached hydrogen (secondary N) is 2. The van der Waals surface area contributed by atoms with Crippen LogP contribution in [0.25, 0.3) is 10.9 Å². The van der Waals surface area contributed by atoms with Crippen molar-refractivity contribution >= 4 is 16.8 Å². The van der Waals surface area contributed by atoms with Crippen molar-refractivity contribution in [3.63, 3.8) is 0 Å². The van der Waals surface area contributed by atoms with E-state index in [4.69, 9.17) is 9.47 Å². The minimum absolute atomic E-state index is 0.0529. The van der Waals surface area contributed by atoms with Gasteiger partial charge in [-0.2, -0.15) is 0 Å². The first-order chi connectivity index (χ1) is 9.34. The van der Waals surface area contributed by atoms with Gasteiger partial charge in [0.25, 0.3) is 5.91 Å². The van der Waals surface area contributed by atoms with Gasteiger partial charge in [-0.05, 0) is 6.07 Å². The first-order valence-corrected chi connectivity index (χ1v) is 6.38.